The third-order valence-electron chi connectivity index (χ3n) is 4.63. The molecule has 31 heavy (non-hydrogen) atoms. The number of hydrogen-bond acceptors (Lipinski definition) is 7. The molecule has 0 bridgehead atoms. The number of carbonyl (C=O) groups is 1. The summed E-state index contributed by atoms with van der Waals surface area (Å²) in [6, 6.07) is 11.3. The molecule has 0 radical (unpaired) electrons. The average molecular weight is 443 g/mol. The zero-order valence-corrected chi connectivity index (χ0v) is 19.1. The summed E-state index contributed by atoms with van der Waals surface area (Å²) in [5, 5.41) is 11.8. The lowest BCUT2D eigenvalue weighted by atomic mass is 10.1. The van der Waals surface area contributed by atoms with E-state index in [1.807, 2.05) is 37.6 Å². The summed E-state index contributed by atoms with van der Waals surface area (Å²) in [5.74, 6) is 2.68. The molecule has 0 spiro atoms. The van der Waals surface area contributed by atoms with E-state index in [1.54, 1.807) is 32.4 Å². The van der Waals surface area contributed by atoms with Crippen molar-refractivity contribution < 1.29 is 19.0 Å². The second-order valence-corrected chi connectivity index (χ2v) is 7.86. The number of aryl methyl sites for hydroxylation is 2. The minimum Gasteiger partial charge on any atom is -0.497 e. The van der Waals surface area contributed by atoms with Gasteiger partial charge in [-0.1, -0.05) is 29.5 Å². The molecule has 9 heteroatoms. The second-order valence-electron chi connectivity index (χ2n) is 6.92. The van der Waals surface area contributed by atoms with E-state index in [1.165, 1.54) is 17.3 Å². The summed E-state index contributed by atoms with van der Waals surface area (Å²) < 4.78 is 18.2. The zero-order valence-electron chi connectivity index (χ0n) is 18.3. The fourth-order valence-corrected chi connectivity index (χ4v) is 3.65. The van der Waals surface area contributed by atoms with E-state index in [-0.39, 0.29) is 11.7 Å². The molecule has 2 aromatic carbocycles. The van der Waals surface area contributed by atoms with Gasteiger partial charge in [-0.3, -0.25) is 4.79 Å². The highest BCUT2D eigenvalue weighted by molar-refractivity contribution is 7.99. The predicted octanol–water partition coefficient (Wildman–Crippen LogP) is 3.76. The molecule has 0 saturated carbocycles. The van der Waals surface area contributed by atoms with Crippen LogP contribution in [0.2, 0.25) is 0 Å². The smallest absolute Gasteiger partial charge is 0.234 e. The van der Waals surface area contributed by atoms with Crippen LogP contribution in [0.3, 0.4) is 0 Å². The van der Waals surface area contributed by atoms with Crippen LogP contribution in [0.25, 0.3) is 0 Å². The van der Waals surface area contributed by atoms with Gasteiger partial charge in [-0.25, -0.2) is 0 Å². The van der Waals surface area contributed by atoms with Gasteiger partial charge in [-0.2, -0.15) is 0 Å². The first-order valence-electron chi connectivity index (χ1n) is 9.64. The van der Waals surface area contributed by atoms with Crippen LogP contribution >= 0.6 is 11.8 Å². The number of nitrogens with one attached hydrogen (secondary N) is 1. The Bertz CT molecular complexity index is 1070. The number of ether oxygens (including phenoxy) is 3. The lowest BCUT2D eigenvalue weighted by Gasteiger charge is -2.11. The summed E-state index contributed by atoms with van der Waals surface area (Å²) in [7, 11) is 4.97. The normalized spacial score (nSPS) is 10.6. The Kier molecular flexibility index (Phi) is 7.41. The SMILES string of the molecule is COc1ccc(NC(=O)CSc2nnc(COc3ccc(C)cc3C)n2C)c(OC)c1. The van der Waals surface area contributed by atoms with Crippen molar-refractivity contribution in [2.45, 2.75) is 25.6 Å². The van der Waals surface area contributed by atoms with Crippen LogP contribution < -0.4 is 19.5 Å². The summed E-state index contributed by atoms with van der Waals surface area (Å²) in [6.07, 6.45) is 0. The maximum atomic E-state index is 12.4. The minimum absolute atomic E-state index is 0.176. The first kappa shape index (κ1) is 22.5. The van der Waals surface area contributed by atoms with Gasteiger partial charge in [0.2, 0.25) is 5.91 Å². The van der Waals surface area contributed by atoms with Crippen molar-refractivity contribution in [3.05, 3.63) is 53.3 Å². The topological polar surface area (TPSA) is 87.5 Å². The van der Waals surface area contributed by atoms with Crippen molar-refractivity contribution in [3.8, 4) is 17.2 Å². The number of anilines is 1. The third kappa shape index (κ3) is 5.69. The Morgan fingerprint density at radius 1 is 1.06 bits per heavy atom. The van der Waals surface area contributed by atoms with Crippen molar-refractivity contribution in [1.82, 2.24) is 14.8 Å². The molecule has 1 N–H and O–H groups in total. The first-order valence-corrected chi connectivity index (χ1v) is 10.6. The number of benzene rings is 2. The molecule has 1 aromatic heterocycles. The molecule has 0 saturated heterocycles. The summed E-state index contributed by atoms with van der Waals surface area (Å²) in [4.78, 5) is 12.4. The van der Waals surface area contributed by atoms with Gasteiger partial charge in [0.15, 0.2) is 11.0 Å². The van der Waals surface area contributed by atoms with Crippen LogP contribution in [0, 0.1) is 13.8 Å². The quantitative estimate of drug-likeness (QED) is 0.505. The first-order chi connectivity index (χ1) is 14.9. The third-order valence-corrected chi connectivity index (χ3v) is 5.65. The van der Waals surface area contributed by atoms with Gasteiger partial charge in [0, 0.05) is 13.1 Å². The van der Waals surface area contributed by atoms with Crippen molar-refractivity contribution >= 4 is 23.4 Å². The fraction of sp³-hybridized carbons (Fsp3) is 0.318. The number of nitrogens with zero attached hydrogens (tertiary/aromatic N) is 3. The molecule has 8 nitrogen and oxygen atoms in total. The van der Waals surface area contributed by atoms with Crippen molar-refractivity contribution in [2.24, 2.45) is 7.05 Å². The van der Waals surface area contributed by atoms with Gasteiger partial charge in [0.1, 0.15) is 23.9 Å². The van der Waals surface area contributed by atoms with Crippen LogP contribution in [0.1, 0.15) is 17.0 Å². The Hall–Kier alpha value is -3.20. The van der Waals surface area contributed by atoms with Crippen LogP contribution in [0.4, 0.5) is 5.69 Å². The molecule has 3 aromatic rings. The zero-order chi connectivity index (χ0) is 22.4. The van der Waals surface area contributed by atoms with Crippen LogP contribution in [0.15, 0.2) is 41.6 Å². The standard InChI is InChI=1S/C22H26N4O4S/c1-14-6-9-18(15(2)10-14)30-12-20-24-25-22(26(20)3)31-13-21(27)23-17-8-7-16(28-4)11-19(17)29-5/h6-11H,12-13H2,1-5H3,(H,23,27). The Labute approximate surface area is 185 Å². The molecule has 0 aliphatic carbocycles. The van der Waals surface area contributed by atoms with Gasteiger partial charge < -0.3 is 24.1 Å². The van der Waals surface area contributed by atoms with Crippen LogP contribution in [-0.2, 0) is 18.4 Å². The second kappa shape index (κ2) is 10.2. The number of amides is 1. The van der Waals surface area contributed by atoms with Crippen molar-refractivity contribution in [3.63, 3.8) is 0 Å². The Balaban J connectivity index is 1.56. The molecule has 0 unspecified atom stereocenters. The number of carbonyl (C=O) groups excluding carboxylic acids is 1. The molecule has 0 aliphatic rings. The molecule has 0 atom stereocenters. The highest BCUT2D eigenvalue weighted by Gasteiger charge is 2.14. The highest BCUT2D eigenvalue weighted by atomic mass is 32.2. The molecule has 1 amide bonds. The molecule has 1 heterocycles. The molecule has 0 aliphatic heterocycles. The largest absolute Gasteiger partial charge is 0.497 e. The highest BCUT2D eigenvalue weighted by Crippen LogP contribution is 2.29. The molecular weight excluding hydrogens is 416 g/mol. The van der Waals surface area contributed by atoms with Gasteiger partial charge in [0.05, 0.1) is 25.7 Å². The minimum atomic E-state index is -0.176. The van der Waals surface area contributed by atoms with Crippen molar-refractivity contribution in [2.75, 3.05) is 25.3 Å². The lowest BCUT2D eigenvalue weighted by Crippen LogP contribution is -2.15. The number of rotatable bonds is 9. The van der Waals surface area contributed by atoms with E-state index in [9.17, 15) is 4.79 Å². The van der Waals surface area contributed by atoms with E-state index < -0.39 is 0 Å². The fourth-order valence-electron chi connectivity index (χ4n) is 2.92. The van der Waals surface area contributed by atoms with E-state index in [2.05, 4.69) is 21.6 Å². The number of aromatic nitrogens is 3. The average Bonchev–Trinajstić information content (AvgIpc) is 3.11. The molecular formula is C22H26N4O4S. The number of methoxy groups -OCH3 is 2. The lowest BCUT2D eigenvalue weighted by molar-refractivity contribution is -0.113. The molecule has 0 fully saturated rings. The summed E-state index contributed by atoms with van der Waals surface area (Å²) in [5.41, 5.74) is 2.84. The number of hydrogen-bond donors (Lipinski definition) is 1. The summed E-state index contributed by atoms with van der Waals surface area (Å²) >= 11 is 1.30. The van der Waals surface area contributed by atoms with Gasteiger partial charge >= 0.3 is 0 Å². The van der Waals surface area contributed by atoms with Gasteiger partial charge in [-0.15, -0.1) is 10.2 Å². The molecule has 3 rings (SSSR count). The van der Waals surface area contributed by atoms with Crippen LogP contribution in [0.5, 0.6) is 17.2 Å². The van der Waals surface area contributed by atoms with Crippen LogP contribution in [-0.4, -0.2) is 40.6 Å². The monoisotopic (exact) mass is 442 g/mol. The van der Waals surface area contributed by atoms with Crippen molar-refractivity contribution in [1.29, 1.82) is 0 Å². The maximum Gasteiger partial charge on any atom is 0.234 e. The summed E-state index contributed by atoms with van der Waals surface area (Å²) in [6.45, 7) is 4.35. The molecule has 164 valence electrons. The van der Waals surface area contributed by atoms with Gasteiger partial charge in [-0.05, 0) is 37.6 Å². The Morgan fingerprint density at radius 3 is 2.58 bits per heavy atom. The van der Waals surface area contributed by atoms with E-state index in [0.29, 0.717) is 34.8 Å². The number of thioether (sulfide) groups is 1. The predicted molar refractivity (Wildman–Crippen MR) is 120 cm³/mol. The van der Waals surface area contributed by atoms with E-state index in [0.717, 1.165) is 11.3 Å². The Morgan fingerprint density at radius 2 is 1.87 bits per heavy atom. The maximum absolute atomic E-state index is 12.4. The van der Waals surface area contributed by atoms with Gasteiger partial charge in [0.25, 0.3) is 0 Å². The van der Waals surface area contributed by atoms with E-state index >= 15 is 0 Å². The van der Waals surface area contributed by atoms with E-state index in [4.69, 9.17) is 14.2 Å².